The van der Waals surface area contributed by atoms with Crippen LogP contribution in [-0.4, -0.2) is 54.4 Å². The lowest BCUT2D eigenvalue weighted by Crippen LogP contribution is -2.59. The quantitative estimate of drug-likeness (QED) is 0.0994. The van der Waals surface area contributed by atoms with Gasteiger partial charge in [-0.15, -0.1) is 0 Å². The molecule has 1 aliphatic heterocycles. The third kappa shape index (κ3) is 6.49. The molecule has 1 fully saturated rings. The van der Waals surface area contributed by atoms with E-state index in [1.807, 2.05) is 0 Å². The second-order valence-corrected chi connectivity index (χ2v) is 8.59. The van der Waals surface area contributed by atoms with Crippen molar-refractivity contribution in [2.45, 2.75) is 29.9 Å². The molecule has 1 saturated heterocycles. The van der Waals surface area contributed by atoms with Crippen molar-refractivity contribution in [2.75, 3.05) is 6.61 Å². The first-order chi connectivity index (χ1) is 18.5. The number of ether oxygens (including phenoxy) is 4. The van der Waals surface area contributed by atoms with Crippen molar-refractivity contribution in [1.82, 2.24) is 0 Å². The topological polar surface area (TPSA) is 137 Å². The molecule has 1 aliphatic rings. The van der Waals surface area contributed by atoms with E-state index in [0.29, 0.717) is 5.56 Å². The minimum absolute atomic E-state index is 0.213. The monoisotopic (exact) mass is 535 g/mol. The highest BCUT2D eigenvalue weighted by atomic mass is 35.5. The Labute approximate surface area is 222 Å². The maximum absolute atomic E-state index is 13.0. The number of alkyl halides is 1. The van der Waals surface area contributed by atoms with E-state index < -0.39 is 54.4 Å². The van der Waals surface area contributed by atoms with Gasteiger partial charge in [-0.25, -0.2) is 14.4 Å². The van der Waals surface area contributed by atoms with E-state index >= 15 is 0 Å². The molecule has 194 valence electrons. The van der Waals surface area contributed by atoms with Crippen LogP contribution in [0, 0.1) is 0 Å². The number of azide groups is 1. The molecule has 0 N–H and O–H groups in total. The molecule has 0 unspecified atom stereocenters. The Bertz CT molecular complexity index is 1300. The van der Waals surface area contributed by atoms with Crippen LogP contribution < -0.4 is 0 Å². The van der Waals surface area contributed by atoms with Gasteiger partial charge in [0, 0.05) is 4.91 Å². The standard InChI is InChI=1S/C27H22ClN3O7/c28-24-21(30-31-29)23(38-27(34)19-14-8-3-9-15-19)22(37-26(33)18-12-6-2-7-13-18)20(36-24)16-35-25(32)17-10-4-1-5-11-17/h1-15,20-24H,16H2/t20-,21-,22-,23-,24+/m1/s1. The molecule has 3 aromatic rings. The van der Waals surface area contributed by atoms with Gasteiger partial charge in [0.25, 0.3) is 0 Å². The lowest BCUT2D eigenvalue weighted by Gasteiger charge is -2.41. The Hall–Kier alpha value is -4.37. The lowest BCUT2D eigenvalue weighted by molar-refractivity contribution is -0.171. The van der Waals surface area contributed by atoms with Crippen LogP contribution in [0.25, 0.3) is 10.4 Å². The van der Waals surface area contributed by atoms with Gasteiger partial charge in [-0.05, 0) is 41.9 Å². The fourth-order valence-corrected chi connectivity index (χ4v) is 4.14. The van der Waals surface area contributed by atoms with E-state index in [4.69, 9.17) is 36.1 Å². The molecule has 10 nitrogen and oxygen atoms in total. The Kier molecular flexibility index (Phi) is 8.94. The summed E-state index contributed by atoms with van der Waals surface area (Å²) < 4.78 is 22.6. The molecule has 38 heavy (non-hydrogen) atoms. The molecule has 0 amide bonds. The van der Waals surface area contributed by atoms with Crippen LogP contribution in [0.4, 0.5) is 0 Å². The second kappa shape index (κ2) is 12.7. The summed E-state index contributed by atoms with van der Waals surface area (Å²) in [6.45, 7) is -0.397. The third-order valence-electron chi connectivity index (χ3n) is 5.68. The van der Waals surface area contributed by atoms with Crippen molar-refractivity contribution in [3.63, 3.8) is 0 Å². The number of hydrogen-bond acceptors (Lipinski definition) is 8. The van der Waals surface area contributed by atoms with Crippen LogP contribution in [0.1, 0.15) is 31.1 Å². The molecule has 0 spiro atoms. The van der Waals surface area contributed by atoms with E-state index in [2.05, 4.69) is 10.0 Å². The molecule has 0 radical (unpaired) electrons. The van der Waals surface area contributed by atoms with Crippen LogP contribution in [0.15, 0.2) is 96.1 Å². The maximum Gasteiger partial charge on any atom is 0.338 e. The summed E-state index contributed by atoms with van der Waals surface area (Å²) in [5.74, 6) is -2.17. The first-order valence-corrected chi connectivity index (χ1v) is 12.0. The highest BCUT2D eigenvalue weighted by Gasteiger charge is 2.50. The Morgan fingerprint density at radius 2 is 1.21 bits per heavy atom. The summed E-state index contributed by atoms with van der Waals surface area (Å²) in [6, 6.07) is 23.2. The van der Waals surface area contributed by atoms with Gasteiger partial charge in [0.05, 0.1) is 16.7 Å². The van der Waals surface area contributed by atoms with Gasteiger partial charge in [-0.1, -0.05) is 71.3 Å². The normalized spacial score (nSPS) is 22.4. The lowest BCUT2D eigenvalue weighted by atomic mass is 9.97. The first kappa shape index (κ1) is 26.7. The van der Waals surface area contributed by atoms with Gasteiger partial charge in [0.15, 0.2) is 12.2 Å². The predicted octanol–water partition coefficient (Wildman–Crippen LogP) is 4.94. The summed E-state index contributed by atoms with van der Waals surface area (Å²) in [4.78, 5) is 41.3. The summed E-state index contributed by atoms with van der Waals surface area (Å²) in [7, 11) is 0. The minimum Gasteiger partial charge on any atom is -0.459 e. The van der Waals surface area contributed by atoms with E-state index in [1.165, 1.54) is 24.3 Å². The smallest absolute Gasteiger partial charge is 0.338 e. The molecule has 0 bridgehead atoms. The SMILES string of the molecule is [N-]=[N+]=N[C@@H]1[C@@H](OC(=O)c2ccccc2)[C@H](OC(=O)c2ccccc2)[C@@H](COC(=O)c2ccccc2)O[C@@H]1Cl. The average molecular weight is 536 g/mol. The van der Waals surface area contributed by atoms with Crippen molar-refractivity contribution in [3.8, 4) is 0 Å². The number of carbonyl (C=O) groups is 3. The summed E-state index contributed by atoms with van der Waals surface area (Å²) in [5.41, 5.74) is 8.58. The average Bonchev–Trinajstić information content (AvgIpc) is 2.96. The first-order valence-electron chi connectivity index (χ1n) is 11.6. The fourth-order valence-electron chi connectivity index (χ4n) is 3.82. The molecular weight excluding hydrogens is 514 g/mol. The van der Waals surface area contributed by atoms with E-state index in [1.54, 1.807) is 66.7 Å². The molecule has 0 saturated carbocycles. The van der Waals surface area contributed by atoms with Crippen LogP contribution in [0.2, 0.25) is 0 Å². The maximum atomic E-state index is 13.0. The molecule has 0 aromatic heterocycles. The predicted molar refractivity (Wildman–Crippen MR) is 135 cm³/mol. The summed E-state index contributed by atoms with van der Waals surface area (Å²) >= 11 is 6.37. The second-order valence-electron chi connectivity index (χ2n) is 8.16. The van der Waals surface area contributed by atoms with Crippen molar-refractivity contribution in [3.05, 3.63) is 118 Å². The number of rotatable bonds is 8. The number of benzene rings is 3. The van der Waals surface area contributed by atoms with Crippen LogP contribution in [0.3, 0.4) is 0 Å². The Morgan fingerprint density at radius 1 is 0.763 bits per heavy atom. The van der Waals surface area contributed by atoms with E-state index in [0.717, 1.165) is 0 Å². The summed E-state index contributed by atoms with van der Waals surface area (Å²) in [5, 5.41) is 3.65. The molecule has 11 heteroatoms. The molecule has 3 aromatic carbocycles. The van der Waals surface area contributed by atoms with Gasteiger partial charge in [-0.2, -0.15) is 0 Å². The van der Waals surface area contributed by atoms with Crippen LogP contribution >= 0.6 is 11.6 Å². The van der Waals surface area contributed by atoms with Crippen molar-refractivity contribution in [1.29, 1.82) is 0 Å². The van der Waals surface area contributed by atoms with Gasteiger partial charge in [0.2, 0.25) is 0 Å². The zero-order valence-corrected chi connectivity index (χ0v) is 20.6. The van der Waals surface area contributed by atoms with E-state index in [9.17, 15) is 14.4 Å². The zero-order valence-electron chi connectivity index (χ0n) is 19.8. The molecule has 0 aliphatic carbocycles. The highest BCUT2D eigenvalue weighted by molar-refractivity contribution is 6.20. The van der Waals surface area contributed by atoms with Crippen LogP contribution in [0.5, 0.6) is 0 Å². The van der Waals surface area contributed by atoms with Crippen molar-refractivity contribution in [2.24, 2.45) is 5.11 Å². The van der Waals surface area contributed by atoms with Crippen molar-refractivity contribution >= 4 is 29.5 Å². The molecule has 4 rings (SSSR count). The number of halogens is 1. The van der Waals surface area contributed by atoms with Gasteiger partial charge < -0.3 is 18.9 Å². The number of hydrogen-bond donors (Lipinski definition) is 0. The van der Waals surface area contributed by atoms with Crippen LogP contribution in [-0.2, 0) is 18.9 Å². The molecule has 5 atom stereocenters. The zero-order chi connectivity index (χ0) is 26.9. The molecule has 1 heterocycles. The number of nitrogens with zero attached hydrogens (tertiary/aromatic N) is 3. The van der Waals surface area contributed by atoms with E-state index in [-0.39, 0.29) is 11.1 Å². The number of carbonyl (C=O) groups excluding carboxylic acids is 3. The fraction of sp³-hybridized carbons (Fsp3) is 0.222. The Morgan fingerprint density at radius 3 is 1.68 bits per heavy atom. The third-order valence-corrected chi connectivity index (χ3v) is 6.04. The minimum atomic E-state index is -1.36. The molecular formula is C27H22ClN3O7. The number of esters is 3. The summed E-state index contributed by atoms with van der Waals surface area (Å²) in [6.07, 6.45) is -3.86. The highest BCUT2D eigenvalue weighted by Crippen LogP contribution is 2.32. The van der Waals surface area contributed by atoms with Crippen molar-refractivity contribution < 1.29 is 33.3 Å². The van der Waals surface area contributed by atoms with Gasteiger partial charge in [-0.3, -0.25) is 0 Å². The Balaban J connectivity index is 1.64. The van der Waals surface area contributed by atoms with Gasteiger partial charge in [0.1, 0.15) is 24.3 Å². The van der Waals surface area contributed by atoms with Gasteiger partial charge >= 0.3 is 17.9 Å². The largest absolute Gasteiger partial charge is 0.459 e.